The van der Waals surface area contributed by atoms with E-state index in [1.165, 1.54) is 19.1 Å². The fourth-order valence-corrected chi connectivity index (χ4v) is 6.17. The second-order valence-corrected chi connectivity index (χ2v) is 11.4. The van der Waals surface area contributed by atoms with E-state index in [9.17, 15) is 18.8 Å². The van der Waals surface area contributed by atoms with Crippen molar-refractivity contribution in [3.8, 4) is 0 Å². The number of nitrogens with zero attached hydrogens (tertiary/aromatic N) is 3. The van der Waals surface area contributed by atoms with E-state index in [4.69, 9.17) is 19.6 Å². The quantitative estimate of drug-likeness (QED) is 0.1000. The Morgan fingerprint density at radius 3 is 2.38 bits per heavy atom. The van der Waals surface area contributed by atoms with E-state index < -0.39 is 36.4 Å². The van der Waals surface area contributed by atoms with Gasteiger partial charge in [0.1, 0.15) is 18.6 Å². The number of alkyl halides is 1. The van der Waals surface area contributed by atoms with Crippen LogP contribution in [0.4, 0.5) is 10.1 Å². The maximum Gasteiger partial charge on any atom is 0.308 e. The number of hydrogen-bond donors (Lipinski definition) is 3. The monoisotopic (exact) mass is 643 g/mol. The van der Waals surface area contributed by atoms with E-state index in [0.29, 0.717) is 37.6 Å². The molecule has 244 valence electrons. The van der Waals surface area contributed by atoms with Crippen LogP contribution in [0.2, 0.25) is 0 Å². The fourth-order valence-electron chi connectivity index (χ4n) is 5.90. The van der Waals surface area contributed by atoms with Gasteiger partial charge in [0.2, 0.25) is 11.7 Å². The molecule has 2 amide bonds. The van der Waals surface area contributed by atoms with Gasteiger partial charge in [0.25, 0.3) is 5.91 Å². The second-order valence-electron chi connectivity index (χ2n) is 11.0. The summed E-state index contributed by atoms with van der Waals surface area (Å²) in [6, 6.07) is 11.2. The number of fused-ring (bicyclic) bond motifs is 1. The first-order chi connectivity index (χ1) is 21.6. The van der Waals surface area contributed by atoms with E-state index in [1.54, 1.807) is 19.9 Å². The number of ether oxygens (including phenoxy) is 3. The molecule has 45 heavy (non-hydrogen) atoms. The number of esters is 1. The van der Waals surface area contributed by atoms with Crippen molar-refractivity contribution in [1.82, 2.24) is 15.1 Å². The van der Waals surface area contributed by atoms with Crippen molar-refractivity contribution >= 4 is 41.9 Å². The standard InChI is InChI=1S/C32H42FN5O6S/c1-5-25(30(40)35-27(18-28(39)44-6-2)32(20-33,42-3)43-4)38-19-21-17-22(11-12-23(21)31(38)41)36-13-15-37(16-14-36)29(34)24-9-7-8-10-26(24)45/h7-12,17,25,27,34,45H,5-6,13-16,18-20H2,1-4H3,(H,35,40). The molecule has 2 atom stereocenters. The highest BCUT2D eigenvalue weighted by atomic mass is 32.1. The molecule has 0 bridgehead atoms. The first kappa shape index (κ1) is 34.2. The Kier molecular flexibility index (Phi) is 11.5. The van der Waals surface area contributed by atoms with E-state index >= 15 is 0 Å². The molecule has 11 nitrogen and oxygen atoms in total. The molecule has 0 saturated carbocycles. The van der Waals surface area contributed by atoms with Crippen LogP contribution in [0, 0.1) is 5.41 Å². The van der Waals surface area contributed by atoms with Gasteiger partial charge in [0.15, 0.2) is 0 Å². The van der Waals surface area contributed by atoms with Crippen molar-refractivity contribution < 1.29 is 33.0 Å². The van der Waals surface area contributed by atoms with Gasteiger partial charge in [-0.2, -0.15) is 0 Å². The minimum Gasteiger partial charge on any atom is -0.466 e. The highest BCUT2D eigenvalue weighted by Crippen LogP contribution is 2.31. The normalized spacial score (nSPS) is 16.3. The summed E-state index contributed by atoms with van der Waals surface area (Å²) in [5.74, 6) is -2.94. The number of amides is 2. The van der Waals surface area contributed by atoms with Gasteiger partial charge in [0.05, 0.1) is 19.1 Å². The average molecular weight is 644 g/mol. The Bertz CT molecular complexity index is 1390. The van der Waals surface area contributed by atoms with E-state index in [2.05, 4.69) is 22.8 Å². The molecule has 2 aromatic carbocycles. The molecule has 0 spiro atoms. The van der Waals surface area contributed by atoms with Crippen molar-refractivity contribution in [3.05, 3.63) is 59.2 Å². The summed E-state index contributed by atoms with van der Waals surface area (Å²) < 4.78 is 29.8. The van der Waals surface area contributed by atoms with Gasteiger partial charge in [-0.25, -0.2) is 4.39 Å². The SMILES string of the molecule is CCOC(=O)CC(NC(=O)C(CC)N1Cc2cc(N3CCN(C(=N)c4ccccc4S)CC3)ccc2C1=O)C(CF)(OC)OC. The van der Waals surface area contributed by atoms with Gasteiger partial charge in [-0.3, -0.25) is 19.8 Å². The van der Waals surface area contributed by atoms with Crippen molar-refractivity contribution in [2.75, 3.05) is 58.6 Å². The topological polar surface area (TPSA) is 124 Å². The molecule has 13 heteroatoms. The summed E-state index contributed by atoms with van der Waals surface area (Å²) in [6.45, 7) is 5.37. The lowest BCUT2D eigenvalue weighted by atomic mass is 10.0. The Morgan fingerprint density at radius 1 is 1.09 bits per heavy atom. The first-order valence-electron chi connectivity index (χ1n) is 15.1. The number of methoxy groups -OCH3 is 2. The van der Waals surface area contributed by atoms with Crippen LogP contribution in [-0.2, 0) is 30.3 Å². The molecule has 2 aromatic rings. The number of halogens is 1. The zero-order valence-corrected chi connectivity index (χ0v) is 27.1. The molecule has 2 aliphatic heterocycles. The number of thiol groups is 1. The number of benzene rings is 2. The zero-order valence-electron chi connectivity index (χ0n) is 26.2. The lowest BCUT2D eigenvalue weighted by molar-refractivity contribution is -0.235. The van der Waals surface area contributed by atoms with Crippen molar-refractivity contribution in [1.29, 1.82) is 5.41 Å². The van der Waals surface area contributed by atoms with Gasteiger partial charge < -0.3 is 34.2 Å². The van der Waals surface area contributed by atoms with Crippen LogP contribution >= 0.6 is 12.6 Å². The van der Waals surface area contributed by atoms with Gasteiger partial charge in [-0.15, -0.1) is 12.6 Å². The predicted octanol–water partition coefficient (Wildman–Crippen LogP) is 3.25. The summed E-state index contributed by atoms with van der Waals surface area (Å²) in [4.78, 5) is 45.9. The molecule has 2 unspecified atom stereocenters. The molecule has 2 aliphatic rings. The third-order valence-corrected chi connectivity index (χ3v) is 8.90. The molecule has 1 saturated heterocycles. The van der Waals surface area contributed by atoms with Crippen molar-refractivity contribution in [2.24, 2.45) is 0 Å². The Morgan fingerprint density at radius 2 is 1.78 bits per heavy atom. The molecule has 0 radical (unpaired) electrons. The maximum absolute atomic E-state index is 14.2. The summed E-state index contributed by atoms with van der Waals surface area (Å²) >= 11 is 4.50. The van der Waals surface area contributed by atoms with Crippen LogP contribution in [0.3, 0.4) is 0 Å². The van der Waals surface area contributed by atoms with Crippen LogP contribution in [-0.4, -0.2) is 105 Å². The largest absolute Gasteiger partial charge is 0.466 e. The van der Waals surface area contributed by atoms with Crippen LogP contribution in [0.25, 0.3) is 0 Å². The van der Waals surface area contributed by atoms with Crippen molar-refractivity contribution in [3.63, 3.8) is 0 Å². The number of anilines is 1. The van der Waals surface area contributed by atoms with Crippen molar-refractivity contribution in [2.45, 2.75) is 56.0 Å². The summed E-state index contributed by atoms with van der Waals surface area (Å²) in [5, 5.41) is 11.4. The molecule has 0 aromatic heterocycles. The third kappa shape index (κ3) is 7.26. The minimum absolute atomic E-state index is 0.117. The number of carbonyl (C=O) groups excluding carboxylic acids is 3. The first-order valence-corrected chi connectivity index (χ1v) is 15.5. The maximum atomic E-state index is 14.2. The Hall–Kier alpha value is -3.68. The molecular formula is C32H42FN5O6S. The lowest BCUT2D eigenvalue weighted by Crippen LogP contribution is -2.60. The predicted molar refractivity (Wildman–Crippen MR) is 171 cm³/mol. The van der Waals surface area contributed by atoms with Crippen LogP contribution in [0.1, 0.15) is 48.2 Å². The highest BCUT2D eigenvalue weighted by Gasteiger charge is 2.44. The minimum atomic E-state index is -1.91. The zero-order chi connectivity index (χ0) is 32.7. The van der Waals surface area contributed by atoms with E-state index in [0.717, 1.165) is 21.7 Å². The Labute approximate surface area is 268 Å². The van der Waals surface area contributed by atoms with Gasteiger partial charge in [0, 0.05) is 68.7 Å². The summed E-state index contributed by atoms with van der Waals surface area (Å²) in [7, 11) is 2.46. The average Bonchev–Trinajstić information content (AvgIpc) is 3.37. The second kappa shape index (κ2) is 15.1. The van der Waals surface area contributed by atoms with Crippen LogP contribution in [0.15, 0.2) is 47.4 Å². The third-order valence-electron chi connectivity index (χ3n) is 8.51. The van der Waals surface area contributed by atoms with E-state index in [1.807, 2.05) is 41.3 Å². The summed E-state index contributed by atoms with van der Waals surface area (Å²) in [6.07, 6.45) is -0.0938. The fraction of sp³-hybridized carbons (Fsp3) is 0.500. The van der Waals surface area contributed by atoms with Gasteiger partial charge >= 0.3 is 5.97 Å². The van der Waals surface area contributed by atoms with E-state index in [-0.39, 0.29) is 31.9 Å². The van der Waals surface area contributed by atoms with Crippen LogP contribution < -0.4 is 10.2 Å². The molecular weight excluding hydrogens is 601 g/mol. The molecule has 1 fully saturated rings. The lowest BCUT2D eigenvalue weighted by Gasteiger charge is -2.37. The smallest absolute Gasteiger partial charge is 0.308 e. The summed E-state index contributed by atoms with van der Waals surface area (Å²) in [5.41, 5.74) is 3.08. The highest BCUT2D eigenvalue weighted by molar-refractivity contribution is 7.80. The number of nitrogens with one attached hydrogen (secondary N) is 2. The number of carbonyl (C=O) groups is 3. The number of piperazine rings is 1. The van der Waals surface area contributed by atoms with Crippen LogP contribution in [0.5, 0.6) is 0 Å². The number of hydrogen-bond acceptors (Lipinski definition) is 9. The molecule has 2 N–H and O–H groups in total. The number of amidine groups is 1. The molecule has 4 rings (SSSR count). The molecule has 2 heterocycles. The van der Waals surface area contributed by atoms with Gasteiger partial charge in [-0.1, -0.05) is 25.1 Å². The number of rotatable bonds is 13. The molecule has 0 aliphatic carbocycles. The van der Waals surface area contributed by atoms with Gasteiger partial charge in [-0.05, 0) is 43.2 Å². The Balaban J connectivity index is 1.45.